The van der Waals surface area contributed by atoms with Gasteiger partial charge in [-0.15, -0.1) is 11.8 Å². The van der Waals surface area contributed by atoms with Crippen LogP contribution in [0.25, 0.3) is 0 Å². The van der Waals surface area contributed by atoms with Crippen LogP contribution in [0.4, 0.5) is 5.69 Å². The maximum atomic E-state index is 12.4. The maximum Gasteiger partial charge on any atom is 0.307 e. The SMILES string of the molecule is O=C(CCSc1ccccc1)OCC(=O)N1CCCc2ccccc21. The van der Waals surface area contributed by atoms with Gasteiger partial charge >= 0.3 is 5.97 Å². The van der Waals surface area contributed by atoms with Crippen LogP contribution in [0, 0.1) is 0 Å². The average Bonchev–Trinajstić information content (AvgIpc) is 2.66. The van der Waals surface area contributed by atoms with Crippen molar-refractivity contribution in [3.05, 3.63) is 60.2 Å². The van der Waals surface area contributed by atoms with Gasteiger partial charge in [-0.3, -0.25) is 9.59 Å². The summed E-state index contributed by atoms with van der Waals surface area (Å²) in [5.74, 6) is 0.155. The van der Waals surface area contributed by atoms with E-state index in [1.807, 2.05) is 54.6 Å². The molecule has 0 fully saturated rings. The summed E-state index contributed by atoms with van der Waals surface area (Å²) >= 11 is 1.61. The topological polar surface area (TPSA) is 46.6 Å². The summed E-state index contributed by atoms with van der Waals surface area (Å²) in [6.45, 7) is 0.487. The van der Waals surface area contributed by atoms with E-state index in [1.165, 1.54) is 5.56 Å². The number of hydrogen-bond acceptors (Lipinski definition) is 4. The molecular weight excluding hydrogens is 334 g/mol. The first-order valence-corrected chi connectivity index (χ1v) is 9.44. The molecule has 130 valence electrons. The number of thioether (sulfide) groups is 1. The summed E-state index contributed by atoms with van der Waals surface area (Å²) in [6, 6.07) is 17.8. The average molecular weight is 355 g/mol. The number of carbonyl (C=O) groups is 2. The van der Waals surface area contributed by atoms with Crippen molar-refractivity contribution in [3.8, 4) is 0 Å². The Morgan fingerprint density at radius 1 is 1.04 bits per heavy atom. The Kier molecular flexibility index (Phi) is 6.12. The van der Waals surface area contributed by atoms with Crippen LogP contribution in [0.15, 0.2) is 59.5 Å². The lowest BCUT2D eigenvalue weighted by molar-refractivity contribution is -0.147. The first-order valence-electron chi connectivity index (χ1n) is 8.46. The number of amides is 1. The monoisotopic (exact) mass is 355 g/mol. The fourth-order valence-electron chi connectivity index (χ4n) is 2.85. The van der Waals surface area contributed by atoms with E-state index in [4.69, 9.17) is 4.74 Å². The lowest BCUT2D eigenvalue weighted by atomic mass is 10.0. The molecule has 0 saturated carbocycles. The summed E-state index contributed by atoms with van der Waals surface area (Å²) in [6.07, 6.45) is 2.21. The Morgan fingerprint density at radius 2 is 1.80 bits per heavy atom. The zero-order valence-electron chi connectivity index (χ0n) is 14.0. The van der Waals surface area contributed by atoms with Gasteiger partial charge in [0.25, 0.3) is 5.91 Å². The van der Waals surface area contributed by atoms with Gasteiger partial charge < -0.3 is 9.64 Å². The quantitative estimate of drug-likeness (QED) is 0.586. The number of hydrogen-bond donors (Lipinski definition) is 0. The Morgan fingerprint density at radius 3 is 2.64 bits per heavy atom. The molecule has 0 atom stereocenters. The van der Waals surface area contributed by atoms with E-state index in [-0.39, 0.29) is 18.5 Å². The van der Waals surface area contributed by atoms with Gasteiger partial charge in [0.2, 0.25) is 0 Å². The van der Waals surface area contributed by atoms with Crippen molar-refractivity contribution in [2.45, 2.75) is 24.2 Å². The number of esters is 1. The molecule has 0 unspecified atom stereocenters. The normalized spacial score (nSPS) is 13.2. The molecule has 4 nitrogen and oxygen atoms in total. The van der Waals surface area contributed by atoms with Gasteiger partial charge in [0.05, 0.1) is 6.42 Å². The van der Waals surface area contributed by atoms with Crippen molar-refractivity contribution in [2.24, 2.45) is 0 Å². The van der Waals surface area contributed by atoms with Crippen molar-refractivity contribution in [1.29, 1.82) is 0 Å². The van der Waals surface area contributed by atoms with Crippen LogP contribution in [0.5, 0.6) is 0 Å². The number of anilines is 1. The van der Waals surface area contributed by atoms with Crippen LogP contribution >= 0.6 is 11.8 Å². The summed E-state index contributed by atoms with van der Waals surface area (Å²) < 4.78 is 5.17. The smallest absolute Gasteiger partial charge is 0.307 e. The lowest BCUT2D eigenvalue weighted by Crippen LogP contribution is -2.38. The summed E-state index contributed by atoms with van der Waals surface area (Å²) in [5.41, 5.74) is 2.11. The molecule has 25 heavy (non-hydrogen) atoms. The molecule has 5 heteroatoms. The molecule has 0 spiro atoms. The van der Waals surface area contributed by atoms with E-state index in [0.717, 1.165) is 23.4 Å². The van der Waals surface area contributed by atoms with Crippen molar-refractivity contribution in [1.82, 2.24) is 0 Å². The van der Waals surface area contributed by atoms with E-state index >= 15 is 0 Å². The van der Waals surface area contributed by atoms with E-state index < -0.39 is 0 Å². The molecule has 0 aromatic heterocycles. The Balaban J connectivity index is 1.44. The number of benzene rings is 2. The second kappa shape index (κ2) is 8.72. The van der Waals surface area contributed by atoms with E-state index in [9.17, 15) is 9.59 Å². The van der Waals surface area contributed by atoms with Crippen LogP contribution in [0.1, 0.15) is 18.4 Å². The Labute approximate surface area is 152 Å². The summed E-state index contributed by atoms with van der Waals surface area (Å²) in [7, 11) is 0. The van der Waals surface area contributed by atoms with Crippen molar-refractivity contribution in [2.75, 3.05) is 23.8 Å². The molecule has 0 saturated heterocycles. The number of carbonyl (C=O) groups excluding carboxylic acids is 2. The minimum Gasteiger partial charge on any atom is -0.456 e. The minimum atomic E-state index is -0.331. The van der Waals surface area contributed by atoms with Gasteiger partial charge in [0.15, 0.2) is 6.61 Å². The van der Waals surface area contributed by atoms with Crippen molar-refractivity contribution < 1.29 is 14.3 Å². The maximum absolute atomic E-state index is 12.4. The number of nitrogens with zero attached hydrogens (tertiary/aromatic N) is 1. The lowest BCUT2D eigenvalue weighted by Gasteiger charge is -2.29. The van der Waals surface area contributed by atoms with Gasteiger partial charge in [-0.05, 0) is 36.6 Å². The van der Waals surface area contributed by atoms with Crippen LogP contribution in [-0.4, -0.2) is 30.8 Å². The number of para-hydroxylation sites is 1. The highest BCUT2D eigenvalue weighted by atomic mass is 32.2. The largest absolute Gasteiger partial charge is 0.456 e. The van der Waals surface area contributed by atoms with E-state index in [1.54, 1.807) is 16.7 Å². The van der Waals surface area contributed by atoms with Gasteiger partial charge in [-0.25, -0.2) is 0 Å². The number of ether oxygens (including phenoxy) is 1. The number of fused-ring (bicyclic) bond motifs is 1. The van der Waals surface area contributed by atoms with Crippen molar-refractivity contribution in [3.63, 3.8) is 0 Å². The predicted octanol–water partition coefficient (Wildman–Crippen LogP) is 3.69. The summed E-state index contributed by atoms with van der Waals surface area (Å²) in [5, 5.41) is 0. The zero-order chi connectivity index (χ0) is 17.5. The molecule has 0 aliphatic carbocycles. The predicted molar refractivity (Wildman–Crippen MR) is 99.9 cm³/mol. The Bertz CT molecular complexity index is 733. The summed E-state index contributed by atoms with van der Waals surface area (Å²) in [4.78, 5) is 27.1. The fourth-order valence-corrected chi connectivity index (χ4v) is 3.71. The first-order chi connectivity index (χ1) is 12.2. The molecule has 2 aromatic carbocycles. The van der Waals surface area contributed by atoms with Crippen LogP contribution in [0.2, 0.25) is 0 Å². The van der Waals surface area contributed by atoms with E-state index in [2.05, 4.69) is 0 Å². The fraction of sp³-hybridized carbons (Fsp3) is 0.300. The van der Waals surface area contributed by atoms with Gasteiger partial charge in [0, 0.05) is 22.9 Å². The molecule has 1 heterocycles. The zero-order valence-corrected chi connectivity index (χ0v) is 14.8. The van der Waals surface area contributed by atoms with Crippen LogP contribution in [0.3, 0.4) is 0 Å². The first kappa shape index (κ1) is 17.5. The highest BCUT2D eigenvalue weighted by Gasteiger charge is 2.22. The number of rotatable bonds is 6. The highest BCUT2D eigenvalue weighted by molar-refractivity contribution is 7.99. The molecular formula is C20H21NO3S. The van der Waals surface area contributed by atoms with Gasteiger partial charge in [-0.2, -0.15) is 0 Å². The molecule has 1 amide bonds. The molecule has 3 rings (SSSR count). The highest BCUT2D eigenvalue weighted by Crippen LogP contribution is 2.26. The third-order valence-corrected chi connectivity index (χ3v) is 5.10. The van der Waals surface area contributed by atoms with Gasteiger partial charge in [-0.1, -0.05) is 36.4 Å². The molecule has 0 N–H and O–H groups in total. The minimum absolute atomic E-state index is 0.156. The standard InChI is InChI=1S/C20H21NO3S/c22-19(21-13-6-8-16-7-4-5-11-18(16)21)15-24-20(23)12-14-25-17-9-2-1-3-10-17/h1-5,7,9-11H,6,8,12-15H2. The third-order valence-electron chi connectivity index (χ3n) is 4.09. The molecule has 2 aromatic rings. The van der Waals surface area contributed by atoms with Crippen LogP contribution < -0.4 is 4.90 Å². The van der Waals surface area contributed by atoms with Crippen LogP contribution in [-0.2, 0) is 20.7 Å². The molecule has 0 radical (unpaired) electrons. The second-order valence-electron chi connectivity index (χ2n) is 5.85. The number of aryl methyl sites for hydroxylation is 1. The van der Waals surface area contributed by atoms with Gasteiger partial charge in [0.1, 0.15) is 0 Å². The van der Waals surface area contributed by atoms with E-state index in [0.29, 0.717) is 18.7 Å². The third kappa shape index (κ3) is 4.86. The Hall–Kier alpha value is -2.27. The molecule has 1 aliphatic heterocycles. The molecule has 0 bridgehead atoms. The second-order valence-corrected chi connectivity index (χ2v) is 7.02. The molecule has 1 aliphatic rings. The van der Waals surface area contributed by atoms with Crippen molar-refractivity contribution >= 4 is 29.3 Å².